The lowest BCUT2D eigenvalue weighted by Gasteiger charge is -2.05. The van der Waals surface area contributed by atoms with Gasteiger partial charge in [0.1, 0.15) is 4.21 Å². The van der Waals surface area contributed by atoms with Gasteiger partial charge < -0.3 is 5.32 Å². The smallest absolute Gasteiger partial charge is 0.271 e. The average molecular weight is 310 g/mol. The monoisotopic (exact) mass is 310 g/mol. The first-order valence-corrected chi connectivity index (χ1v) is 8.79. The van der Waals surface area contributed by atoms with Gasteiger partial charge in [-0.15, -0.1) is 11.3 Å². The van der Waals surface area contributed by atoms with Crippen molar-refractivity contribution in [1.29, 1.82) is 0 Å². The third kappa shape index (κ3) is 4.06. The summed E-state index contributed by atoms with van der Waals surface area (Å²) >= 11 is 1.30. The van der Waals surface area contributed by atoms with Crippen LogP contribution in [0.3, 0.4) is 0 Å². The molecule has 0 atom stereocenters. The van der Waals surface area contributed by atoms with Gasteiger partial charge in [-0.2, -0.15) is 0 Å². The van der Waals surface area contributed by atoms with Crippen molar-refractivity contribution in [2.45, 2.75) is 24.1 Å². The Labute approximate surface area is 123 Å². The summed E-state index contributed by atoms with van der Waals surface area (Å²) in [5.74, 6) is 0. The van der Waals surface area contributed by atoms with Gasteiger partial charge in [-0.25, -0.2) is 8.42 Å². The van der Waals surface area contributed by atoms with Crippen molar-refractivity contribution in [3.8, 4) is 0 Å². The lowest BCUT2D eigenvalue weighted by atomic mass is 10.3. The molecule has 6 heteroatoms. The van der Waals surface area contributed by atoms with Crippen molar-refractivity contribution in [2.75, 3.05) is 11.3 Å². The van der Waals surface area contributed by atoms with E-state index in [1.165, 1.54) is 11.3 Å². The summed E-state index contributed by atoms with van der Waals surface area (Å²) in [6.07, 6.45) is 1.06. The summed E-state index contributed by atoms with van der Waals surface area (Å²) in [6, 6.07) is 12.4. The zero-order chi connectivity index (χ0) is 14.4. The highest BCUT2D eigenvalue weighted by Gasteiger charge is 2.16. The molecule has 4 nitrogen and oxygen atoms in total. The predicted molar refractivity (Wildman–Crippen MR) is 83.6 cm³/mol. The third-order valence-corrected chi connectivity index (χ3v) is 5.61. The second-order valence-corrected chi connectivity index (χ2v) is 7.45. The molecule has 0 bridgehead atoms. The number of nitrogens with one attached hydrogen (secondary N) is 2. The van der Waals surface area contributed by atoms with Crippen molar-refractivity contribution in [3.63, 3.8) is 0 Å². The maximum atomic E-state index is 12.2. The summed E-state index contributed by atoms with van der Waals surface area (Å²) < 4.78 is 27.4. The van der Waals surface area contributed by atoms with Gasteiger partial charge in [-0.3, -0.25) is 4.72 Å². The van der Waals surface area contributed by atoms with E-state index in [4.69, 9.17) is 0 Å². The highest BCUT2D eigenvalue weighted by molar-refractivity contribution is 7.94. The van der Waals surface area contributed by atoms with E-state index in [-0.39, 0.29) is 0 Å². The number of sulfonamides is 1. The standard InChI is InChI=1S/C14H18N2O2S2/c1-2-10-15-11-13-8-9-14(19-13)20(17,18)16-12-6-4-3-5-7-12/h3-9,15-16H,2,10-11H2,1H3. The molecule has 0 spiro atoms. The van der Waals surface area contributed by atoms with E-state index in [2.05, 4.69) is 17.0 Å². The Bertz CT molecular complexity index is 636. The molecular formula is C14H18N2O2S2. The highest BCUT2D eigenvalue weighted by Crippen LogP contribution is 2.23. The Hall–Kier alpha value is -1.37. The van der Waals surface area contributed by atoms with Crippen LogP contribution in [0.4, 0.5) is 5.69 Å². The number of thiophene rings is 1. The predicted octanol–water partition coefficient (Wildman–Crippen LogP) is 3.05. The molecule has 1 aromatic heterocycles. The Morgan fingerprint density at radius 2 is 1.85 bits per heavy atom. The van der Waals surface area contributed by atoms with Crippen molar-refractivity contribution in [3.05, 3.63) is 47.3 Å². The zero-order valence-corrected chi connectivity index (χ0v) is 12.9. The Kier molecular flexibility index (Phi) is 5.17. The van der Waals surface area contributed by atoms with E-state index in [0.717, 1.165) is 17.8 Å². The van der Waals surface area contributed by atoms with Crippen LogP contribution in [-0.2, 0) is 16.6 Å². The molecule has 20 heavy (non-hydrogen) atoms. The van der Waals surface area contributed by atoms with Crippen molar-refractivity contribution in [2.24, 2.45) is 0 Å². The second-order valence-electron chi connectivity index (χ2n) is 4.37. The van der Waals surface area contributed by atoms with Gasteiger partial charge in [-0.1, -0.05) is 25.1 Å². The SMILES string of the molecule is CCCNCc1ccc(S(=O)(=O)Nc2ccccc2)s1. The molecule has 1 heterocycles. The first kappa shape index (κ1) is 15.0. The number of hydrogen-bond acceptors (Lipinski definition) is 4. The minimum Gasteiger partial charge on any atom is -0.312 e. The van der Waals surface area contributed by atoms with E-state index in [1.807, 2.05) is 12.1 Å². The number of hydrogen-bond donors (Lipinski definition) is 2. The normalized spacial score (nSPS) is 11.4. The van der Waals surface area contributed by atoms with Gasteiger partial charge in [0.05, 0.1) is 0 Å². The molecule has 0 unspecified atom stereocenters. The van der Waals surface area contributed by atoms with E-state index >= 15 is 0 Å². The summed E-state index contributed by atoms with van der Waals surface area (Å²) in [5, 5.41) is 3.26. The van der Waals surface area contributed by atoms with Gasteiger partial charge in [0.2, 0.25) is 0 Å². The Morgan fingerprint density at radius 3 is 2.55 bits per heavy atom. The van der Waals surface area contributed by atoms with Gasteiger partial charge in [0.25, 0.3) is 10.0 Å². The molecule has 2 rings (SSSR count). The van der Waals surface area contributed by atoms with Gasteiger partial charge >= 0.3 is 0 Å². The largest absolute Gasteiger partial charge is 0.312 e. The maximum absolute atomic E-state index is 12.2. The molecule has 0 aliphatic heterocycles. The van der Waals surface area contributed by atoms with Gasteiger partial charge in [0.15, 0.2) is 0 Å². The van der Waals surface area contributed by atoms with Gasteiger partial charge in [0, 0.05) is 17.1 Å². The molecule has 0 aliphatic carbocycles. The molecule has 1 aromatic carbocycles. The fourth-order valence-electron chi connectivity index (χ4n) is 1.70. The summed E-state index contributed by atoms with van der Waals surface area (Å²) in [7, 11) is -3.48. The van der Waals surface area contributed by atoms with Crippen LogP contribution in [0, 0.1) is 0 Å². The topological polar surface area (TPSA) is 58.2 Å². The third-order valence-electron chi connectivity index (χ3n) is 2.65. The lowest BCUT2D eigenvalue weighted by Crippen LogP contribution is -2.13. The zero-order valence-electron chi connectivity index (χ0n) is 11.3. The molecule has 0 fully saturated rings. The Balaban J connectivity index is 2.06. The molecular weight excluding hydrogens is 292 g/mol. The Morgan fingerprint density at radius 1 is 1.10 bits per heavy atom. The van der Waals surface area contributed by atoms with Crippen LogP contribution in [-0.4, -0.2) is 15.0 Å². The van der Waals surface area contributed by atoms with Crippen molar-refractivity contribution < 1.29 is 8.42 Å². The molecule has 2 aromatic rings. The van der Waals surface area contributed by atoms with E-state index in [0.29, 0.717) is 16.4 Å². The summed E-state index contributed by atoms with van der Waals surface area (Å²) in [5.41, 5.74) is 0.576. The summed E-state index contributed by atoms with van der Waals surface area (Å²) in [4.78, 5) is 1.02. The van der Waals surface area contributed by atoms with Gasteiger partial charge in [-0.05, 0) is 37.2 Å². The van der Waals surface area contributed by atoms with Crippen LogP contribution in [0.25, 0.3) is 0 Å². The minimum absolute atomic E-state index is 0.342. The second kappa shape index (κ2) is 6.88. The average Bonchev–Trinajstić information content (AvgIpc) is 2.89. The molecule has 2 N–H and O–H groups in total. The van der Waals surface area contributed by atoms with Crippen LogP contribution in [0.1, 0.15) is 18.2 Å². The number of anilines is 1. The van der Waals surface area contributed by atoms with Crippen molar-refractivity contribution in [1.82, 2.24) is 5.32 Å². The fraction of sp³-hybridized carbons (Fsp3) is 0.286. The number of rotatable bonds is 7. The van der Waals surface area contributed by atoms with Crippen LogP contribution < -0.4 is 10.0 Å². The first-order chi connectivity index (χ1) is 9.62. The molecule has 0 saturated carbocycles. The van der Waals surface area contributed by atoms with Crippen LogP contribution >= 0.6 is 11.3 Å². The highest BCUT2D eigenvalue weighted by atomic mass is 32.2. The molecule has 0 amide bonds. The van der Waals surface area contributed by atoms with Crippen LogP contribution in [0.5, 0.6) is 0 Å². The maximum Gasteiger partial charge on any atom is 0.271 e. The first-order valence-electron chi connectivity index (χ1n) is 6.49. The minimum atomic E-state index is -3.48. The van der Waals surface area contributed by atoms with E-state index in [9.17, 15) is 8.42 Å². The van der Waals surface area contributed by atoms with E-state index in [1.54, 1.807) is 30.3 Å². The fourth-order valence-corrected chi connectivity index (χ4v) is 4.08. The van der Waals surface area contributed by atoms with Crippen LogP contribution in [0.15, 0.2) is 46.7 Å². The molecule has 108 valence electrons. The van der Waals surface area contributed by atoms with E-state index < -0.39 is 10.0 Å². The molecule has 0 saturated heterocycles. The number of benzene rings is 1. The van der Waals surface area contributed by atoms with Crippen LogP contribution in [0.2, 0.25) is 0 Å². The molecule has 0 radical (unpaired) electrons. The van der Waals surface area contributed by atoms with Crippen molar-refractivity contribution >= 4 is 27.0 Å². The number of para-hydroxylation sites is 1. The quantitative estimate of drug-likeness (QED) is 0.773. The lowest BCUT2D eigenvalue weighted by molar-refractivity contribution is 0.603. The summed E-state index contributed by atoms with van der Waals surface area (Å²) in [6.45, 7) is 3.74. The molecule has 0 aliphatic rings.